The zero-order valence-corrected chi connectivity index (χ0v) is 17.0. The number of amides is 3. The summed E-state index contributed by atoms with van der Waals surface area (Å²) in [5.74, 6) is -0.433. The van der Waals surface area contributed by atoms with Crippen LogP contribution in [0.4, 0.5) is 0 Å². The molecule has 0 saturated carbocycles. The molecule has 1 aliphatic rings. The van der Waals surface area contributed by atoms with E-state index in [2.05, 4.69) is 21.2 Å². The van der Waals surface area contributed by atoms with Crippen LogP contribution in [0, 0.1) is 0 Å². The van der Waals surface area contributed by atoms with E-state index in [1.807, 2.05) is 18.2 Å². The Hall–Kier alpha value is -2.67. The van der Waals surface area contributed by atoms with Gasteiger partial charge in [0.2, 0.25) is 5.91 Å². The van der Waals surface area contributed by atoms with Crippen molar-refractivity contribution in [2.45, 2.75) is 6.42 Å². The van der Waals surface area contributed by atoms with E-state index in [1.165, 1.54) is 0 Å². The summed E-state index contributed by atoms with van der Waals surface area (Å²) in [5, 5.41) is 2.67. The highest BCUT2D eigenvalue weighted by molar-refractivity contribution is 9.10. The van der Waals surface area contributed by atoms with E-state index in [-0.39, 0.29) is 24.3 Å². The number of benzene rings is 2. The van der Waals surface area contributed by atoms with Gasteiger partial charge in [-0.15, -0.1) is 0 Å². The molecule has 2 aromatic carbocycles. The summed E-state index contributed by atoms with van der Waals surface area (Å²) >= 11 is 3.37. The minimum atomic E-state index is -0.268. The molecule has 1 heterocycles. The monoisotopic (exact) mass is 443 g/mol. The van der Waals surface area contributed by atoms with Crippen molar-refractivity contribution in [3.63, 3.8) is 0 Å². The van der Waals surface area contributed by atoms with Gasteiger partial charge in [-0.3, -0.25) is 14.4 Å². The molecule has 0 bridgehead atoms. The summed E-state index contributed by atoms with van der Waals surface area (Å²) in [6.45, 7) is 2.07. The zero-order valence-electron chi connectivity index (χ0n) is 15.4. The predicted molar refractivity (Wildman–Crippen MR) is 110 cm³/mol. The van der Waals surface area contributed by atoms with Crippen LogP contribution in [0.1, 0.15) is 27.1 Å². The molecule has 146 valence electrons. The molecule has 0 aliphatic carbocycles. The maximum Gasteiger partial charge on any atom is 0.253 e. The lowest BCUT2D eigenvalue weighted by molar-refractivity contribution is -0.129. The Bertz CT molecular complexity index is 840. The lowest BCUT2D eigenvalue weighted by atomic mass is 10.2. The van der Waals surface area contributed by atoms with Crippen LogP contribution in [0.2, 0.25) is 0 Å². The lowest BCUT2D eigenvalue weighted by Crippen LogP contribution is -2.42. The topological polar surface area (TPSA) is 69.7 Å². The minimum Gasteiger partial charge on any atom is -0.343 e. The van der Waals surface area contributed by atoms with Gasteiger partial charge in [0.15, 0.2) is 0 Å². The second kappa shape index (κ2) is 9.50. The molecule has 0 spiro atoms. The molecule has 0 atom stereocenters. The Morgan fingerprint density at radius 1 is 0.821 bits per heavy atom. The van der Waals surface area contributed by atoms with Crippen LogP contribution < -0.4 is 5.32 Å². The number of nitrogens with zero attached hydrogens (tertiary/aromatic N) is 2. The lowest BCUT2D eigenvalue weighted by Gasteiger charge is -2.22. The molecule has 3 rings (SSSR count). The van der Waals surface area contributed by atoms with Crippen molar-refractivity contribution in [2.75, 3.05) is 32.7 Å². The second-order valence-electron chi connectivity index (χ2n) is 6.58. The summed E-state index contributed by atoms with van der Waals surface area (Å²) in [4.78, 5) is 40.7. The van der Waals surface area contributed by atoms with Gasteiger partial charge in [-0.05, 0) is 42.8 Å². The minimum absolute atomic E-state index is 0.0285. The zero-order chi connectivity index (χ0) is 19.9. The molecule has 0 unspecified atom stereocenters. The van der Waals surface area contributed by atoms with Crippen LogP contribution in [0.15, 0.2) is 59.1 Å². The summed E-state index contributed by atoms with van der Waals surface area (Å²) in [5.41, 5.74) is 1.16. The average Bonchev–Trinajstić information content (AvgIpc) is 2.99. The summed E-state index contributed by atoms with van der Waals surface area (Å²) < 4.78 is 0.925. The Labute approximate surface area is 172 Å². The van der Waals surface area contributed by atoms with Crippen LogP contribution in [0.25, 0.3) is 0 Å². The third-order valence-corrected chi connectivity index (χ3v) is 5.19. The summed E-state index contributed by atoms with van der Waals surface area (Å²) in [7, 11) is 0. The molecule has 1 fully saturated rings. The number of halogens is 1. The first-order chi connectivity index (χ1) is 13.5. The molecule has 0 radical (unpaired) electrons. The van der Waals surface area contributed by atoms with Crippen LogP contribution in [0.3, 0.4) is 0 Å². The number of hydrogen-bond acceptors (Lipinski definition) is 3. The van der Waals surface area contributed by atoms with Crippen molar-refractivity contribution in [2.24, 2.45) is 0 Å². The Morgan fingerprint density at radius 2 is 1.46 bits per heavy atom. The van der Waals surface area contributed by atoms with Crippen LogP contribution in [-0.2, 0) is 4.79 Å². The van der Waals surface area contributed by atoms with Crippen LogP contribution in [0.5, 0.6) is 0 Å². The highest BCUT2D eigenvalue weighted by Gasteiger charge is 2.23. The number of carbonyl (C=O) groups is 3. The summed E-state index contributed by atoms with van der Waals surface area (Å²) in [6.07, 6.45) is 0.709. The van der Waals surface area contributed by atoms with Crippen molar-refractivity contribution in [3.8, 4) is 0 Å². The van der Waals surface area contributed by atoms with Gasteiger partial charge in [0, 0.05) is 41.8 Å². The average molecular weight is 444 g/mol. The normalized spacial score (nSPS) is 14.3. The Kier molecular flexibility index (Phi) is 6.81. The van der Waals surface area contributed by atoms with E-state index in [1.54, 1.807) is 46.2 Å². The Morgan fingerprint density at radius 3 is 2.18 bits per heavy atom. The van der Waals surface area contributed by atoms with E-state index in [0.717, 1.165) is 4.47 Å². The van der Waals surface area contributed by atoms with E-state index in [9.17, 15) is 14.4 Å². The van der Waals surface area contributed by atoms with Crippen molar-refractivity contribution < 1.29 is 14.4 Å². The van der Waals surface area contributed by atoms with Gasteiger partial charge in [0.1, 0.15) is 0 Å². The first-order valence-corrected chi connectivity index (χ1v) is 10.00. The standard InChI is InChI=1S/C21H22BrN3O3/c22-18-9-7-17(8-10-18)21(28)25-12-4-11-24(13-14-25)19(26)15-23-20(27)16-5-2-1-3-6-16/h1-3,5-10H,4,11-15H2,(H,23,27). The quantitative estimate of drug-likeness (QED) is 0.788. The van der Waals surface area contributed by atoms with Gasteiger partial charge < -0.3 is 15.1 Å². The maximum atomic E-state index is 12.7. The predicted octanol–water partition coefficient (Wildman–Crippen LogP) is 2.55. The van der Waals surface area contributed by atoms with Gasteiger partial charge in [0.05, 0.1) is 6.54 Å². The van der Waals surface area contributed by atoms with Crippen molar-refractivity contribution in [3.05, 3.63) is 70.2 Å². The van der Waals surface area contributed by atoms with E-state index in [4.69, 9.17) is 0 Å². The van der Waals surface area contributed by atoms with Crippen LogP contribution in [-0.4, -0.2) is 60.2 Å². The van der Waals surface area contributed by atoms with Crippen molar-refractivity contribution in [1.82, 2.24) is 15.1 Å². The van der Waals surface area contributed by atoms with Crippen molar-refractivity contribution in [1.29, 1.82) is 0 Å². The fourth-order valence-corrected chi connectivity index (χ4v) is 3.37. The summed E-state index contributed by atoms with van der Waals surface area (Å²) in [6, 6.07) is 16.1. The number of hydrogen-bond donors (Lipinski definition) is 1. The van der Waals surface area contributed by atoms with E-state index < -0.39 is 0 Å². The van der Waals surface area contributed by atoms with E-state index in [0.29, 0.717) is 43.7 Å². The highest BCUT2D eigenvalue weighted by atomic mass is 79.9. The third kappa shape index (κ3) is 5.19. The molecular formula is C21H22BrN3O3. The molecule has 1 N–H and O–H groups in total. The first-order valence-electron chi connectivity index (χ1n) is 9.20. The van der Waals surface area contributed by atoms with Crippen molar-refractivity contribution >= 4 is 33.7 Å². The fraction of sp³-hybridized carbons (Fsp3) is 0.286. The molecule has 1 aliphatic heterocycles. The molecule has 1 saturated heterocycles. The number of carbonyl (C=O) groups excluding carboxylic acids is 3. The van der Waals surface area contributed by atoms with Gasteiger partial charge in [0.25, 0.3) is 11.8 Å². The highest BCUT2D eigenvalue weighted by Crippen LogP contribution is 2.14. The smallest absolute Gasteiger partial charge is 0.253 e. The molecular weight excluding hydrogens is 422 g/mol. The first kappa shape index (κ1) is 20.1. The second-order valence-corrected chi connectivity index (χ2v) is 7.50. The van der Waals surface area contributed by atoms with E-state index >= 15 is 0 Å². The van der Waals surface area contributed by atoms with Gasteiger partial charge in [-0.1, -0.05) is 34.1 Å². The molecule has 2 aromatic rings. The largest absolute Gasteiger partial charge is 0.343 e. The van der Waals surface area contributed by atoms with Gasteiger partial charge >= 0.3 is 0 Å². The molecule has 3 amide bonds. The number of rotatable bonds is 4. The van der Waals surface area contributed by atoms with Gasteiger partial charge in [-0.25, -0.2) is 0 Å². The molecule has 28 heavy (non-hydrogen) atoms. The molecule has 6 nitrogen and oxygen atoms in total. The van der Waals surface area contributed by atoms with Crippen LogP contribution >= 0.6 is 15.9 Å². The number of nitrogens with one attached hydrogen (secondary N) is 1. The maximum absolute atomic E-state index is 12.7. The molecule has 7 heteroatoms. The van der Waals surface area contributed by atoms with Gasteiger partial charge in [-0.2, -0.15) is 0 Å². The Balaban J connectivity index is 1.51. The molecule has 0 aromatic heterocycles. The SMILES string of the molecule is O=C(NCC(=O)N1CCCN(C(=O)c2ccc(Br)cc2)CC1)c1ccccc1. The fourth-order valence-electron chi connectivity index (χ4n) is 3.10. The third-order valence-electron chi connectivity index (χ3n) is 4.66.